The van der Waals surface area contributed by atoms with Crippen molar-refractivity contribution in [2.75, 3.05) is 6.61 Å². The average Bonchev–Trinajstić information content (AvgIpc) is 2.49. The fourth-order valence-corrected chi connectivity index (χ4v) is 2.13. The molecule has 2 rings (SSSR count). The lowest BCUT2D eigenvalue weighted by molar-refractivity contribution is 0.303. The fraction of sp³-hybridized carbons (Fsp3) is 0.389. The third kappa shape index (κ3) is 4.57. The van der Waals surface area contributed by atoms with E-state index in [9.17, 15) is 0 Å². The molecule has 0 aliphatic heterocycles. The summed E-state index contributed by atoms with van der Waals surface area (Å²) in [6, 6.07) is 10.8. The van der Waals surface area contributed by atoms with E-state index in [1.165, 1.54) is 5.39 Å². The van der Waals surface area contributed by atoms with Crippen LogP contribution in [0, 0.1) is 0 Å². The van der Waals surface area contributed by atoms with Crippen LogP contribution in [0.5, 0.6) is 5.88 Å². The monoisotopic (exact) mass is 284 g/mol. The number of benzene rings is 1. The number of rotatable bonds is 8. The Morgan fingerprint density at radius 3 is 2.90 bits per heavy atom. The van der Waals surface area contributed by atoms with Gasteiger partial charge in [0.1, 0.15) is 0 Å². The molecule has 2 aromatic rings. The molecule has 1 aromatic heterocycles. The number of hydrogen-bond donors (Lipinski definition) is 1. The normalized spacial score (nSPS) is 11.0. The molecular formula is C18H24N2O. The molecule has 0 spiro atoms. The lowest BCUT2D eigenvalue weighted by Gasteiger charge is -2.12. The van der Waals surface area contributed by atoms with E-state index in [4.69, 9.17) is 4.74 Å². The smallest absolute Gasteiger partial charge is 0.221 e. The van der Waals surface area contributed by atoms with Crippen LogP contribution in [0.4, 0.5) is 0 Å². The Kier molecular flexibility index (Phi) is 5.76. The maximum atomic E-state index is 5.88. The summed E-state index contributed by atoms with van der Waals surface area (Å²) in [5, 5.41) is 5.65. The number of nitrogens with zero attached hydrogens (tertiary/aromatic N) is 1. The Bertz CT molecular complexity index is 593. The number of ether oxygens (including phenoxy) is 1. The average molecular weight is 284 g/mol. The number of aromatic nitrogens is 1. The van der Waals surface area contributed by atoms with Crippen molar-refractivity contribution >= 4 is 10.8 Å². The van der Waals surface area contributed by atoms with Gasteiger partial charge in [0.15, 0.2) is 0 Å². The standard InChI is InChI=1S/C18H24N2O/c1-4-5-8-11-21-18-17-10-7-6-9-15(17)12-16(20-18)13-19-14(2)3/h4,6-7,9-10,12,14,19H,1,5,8,11,13H2,2-3H3. The molecule has 0 fully saturated rings. The molecule has 3 nitrogen and oxygen atoms in total. The molecule has 0 radical (unpaired) electrons. The van der Waals surface area contributed by atoms with E-state index in [0.717, 1.165) is 36.3 Å². The second-order valence-electron chi connectivity index (χ2n) is 5.45. The molecule has 0 unspecified atom stereocenters. The zero-order valence-electron chi connectivity index (χ0n) is 12.9. The third-order valence-electron chi connectivity index (χ3n) is 3.24. The molecule has 21 heavy (non-hydrogen) atoms. The van der Waals surface area contributed by atoms with Crippen molar-refractivity contribution in [3.05, 3.63) is 48.7 Å². The molecule has 0 bridgehead atoms. The minimum Gasteiger partial charge on any atom is -0.477 e. The van der Waals surface area contributed by atoms with Crippen LogP contribution in [0.2, 0.25) is 0 Å². The largest absolute Gasteiger partial charge is 0.477 e. The van der Waals surface area contributed by atoms with Crippen LogP contribution in [0.1, 0.15) is 32.4 Å². The van der Waals surface area contributed by atoms with Gasteiger partial charge in [0, 0.05) is 18.0 Å². The number of pyridine rings is 1. The molecule has 0 saturated carbocycles. The van der Waals surface area contributed by atoms with Gasteiger partial charge >= 0.3 is 0 Å². The highest BCUT2D eigenvalue weighted by molar-refractivity contribution is 5.87. The number of unbranched alkanes of at least 4 members (excludes halogenated alkanes) is 1. The summed E-state index contributed by atoms with van der Waals surface area (Å²) in [5.41, 5.74) is 1.01. The van der Waals surface area contributed by atoms with Gasteiger partial charge in [0.25, 0.3) is 0 Å². The van der Waals surface area contributed by atoms with Gasteiger partial charge < -0.3 is 10.1 Å². The van der Waals surface area contributed by atoms with Crippen LogP contribution >= 0.6 is 0 Å². The van der Waals surface area contributed by atoms with Gasteiger partial charge in [0.2, 0.25) is 5.88 Å². The van der Waals surface area contributed by atoms with Crippen molar-refractivity contribution < 1.29 is 4.74 Å². The first-order chi connectivity index (χ1) is 10.2. The zero-order chi connectivity index (χ0) is 15.1. The number of nitrogens with one attached hydrogen (secondary N) is 1. The van der Waals surface area contributed by atoms with Gasteiger partial charge in [0.05, 0.1) is 12.3 Å². The summed E-state index contributed by atoms with van der Waals surface area (Å²) in [6.07, 6.45) is 3.85. The SMILES string of the molecule is C=CCCCOc1nc(CNC(C)C)cc2ccccc12. The van der Waals surface area contributed by atoms with Crippen LogP contribution in [0.25, 0.3) is 10.8 Å². The van der Waals surface area contributed by atoms with E-state index in [0.29, 0.717) is 12.6 Å². The van der Waals surface area contributed by atoms with Gasteiger partial charge in [-0.1, -0.05) is 38.1 Å². The molecule has 0 aliphatic rings. The van der Waals surface area contributed by atoms with E-state index < -0.39 is 0 Å². The third-order valence-corrected chi connectivity index (χ3v) is 3.24. The van der Waals surface area contributed by atoms with Crippen molar-refractivity contribution in [2.45, 2.75) is 39.3 Å². The van der Waals surface area contributed by atoms with Gasteiger partial charge in [-0.25, -0.2) is 4.98 Å². The Labute approximate surface area is 127 Å². The second-order valence-corrected chi connectivity index (χ2v) is 5.45. The molecule has 0 atom stereocenters. The van der Waals surface area contributed by atoms with Crippen molar-refractivity contribution in [3.63, 3.8) is 0 Å². The first kappa shape index (κ1) is 15.5. The van der Waals surface area contributed by atoms with E-state index in [-0.39, 0.29) is 0 Å². The van der Waals surface area contributed by atoms with Gasteiger partial charge in [-0.15, -0.1) is 6.58 Å². The van der Waals surface area contributed by atoms with Crippen LogP contribution in [-0.4, -0.2) is 17.6 Å². The quantitative estimate of drug-likeness (QED) is 0.586. The van der Waals surface area contributed by atoms with Crippen molar-refractivity contribution in [3.8, 4) is 5.88 Å². The lowest BCUT2D eigenvalue weighted by atomic mass is 10.1. The molecule has 112 valence electrons. The summed E-state index contributed by atoms with van der Waals surface area (Å²) >= 11 is 0. The van der Waals surface area contributed by atoms with Crippen molar-refractivity contribution in [1.29, 1.82) is 0 Å². The van der Waals surface area contributed by atoms with Crippen molar-refractivity contribution in [2.24, 2.45) is 0 Å². The minimum atomic E-state index is 0.440. The molecular weight excluding hydrogens is 260 g/mol. The molecule has 1 aromatic carbocycles. The van der Waals surface area contributed by atoms with Crippen LogP contribution in [0.3, 0.4) is 0 Å². The molecule has 0 aliphatic carbocycles. The minimum absolute atomic E-state index is 0.440. The molecule has 0 saturated heterocycles. The highest BCUT2D eigenvalue weighted by Gasteiger charge is 2.07. The second kappa shape index (κ2) is 7.79. The van der Waals surface area contributed by atoms with Crippen LogP contribution < -0.4 is 10.1 Å². The number of fused-ring (bicyclic) bond motifs is 1. The Morgan fingerprint density at radius 1 is 1.33 bits per heavy atom. The van der Waals surface area contributed by atoms with Gasteiger partial charge in [-0.3, -0.25) is 0 Å². The predicted molar refractivity (Wildman–Crippen MR) is 88.6 cm³/mol. The lowest BCUT2D eigenvalue weighted by Crippen LogP contribution is -2.22. The maximum Gasteiger partial charge on any atom is 0.221 e. The summed E-state index contributed by atoms with van der Waals surface area (Å²) in [5.74, 6) is 0.734. The topological polar surface area (TPSA) is 34.1 Å². The van der Waals surface area contributed by atoms with E-state index >= 15 is 0 Å². The highest BCUT2D eigenvalue weighted by atomic mass is 16.5. The maximum absolute atomic E-state index is 5.88. The van der Waals surface area contributed by atoms with Crippen molar-refractivity contribution in [1.82, 2.24) is 10.3 Å². The van der Waals surface area contributed by atoms with E-state index in [1.54, 1.807) is 0 Å². The zero-order valence-corrected chi connectivity index (χ0v) is 12.9. The molecule has 3 heteroatoms. The molecule has 1 heterocycles. The summed E-state index contributed by atoms with van der Waals surface area (Å²) < 4.78 is 5.88. The summed E-state index contributed by atoms with van der Waals surface area (Å²) in [6.45, 7) is 9.42. The fourth-order valence-electron chi connectivity index (χ4n) is 2.13. The number of hydrogen-bond acceptors (Lipinski definition) is 3. The Balaban J connectivity index is 2.20. The molecule has 0 amide bonds. The van der Waals surface area contributed by atoms with Crippen LogP contribution in [-0.2, 0) is 6.54 Å². The van der Waals surface area contributed by atoms with E-state index in [1.807, 2.05) is 18.2 Å². The van der Waals surface area contributed by atoms with Crippen LogP contribution in [0.15, 0.2) is 43.0 Å². The first-order valence-electron chi connectivity index (χ1n) is 7.56. The number of allylic oxidation sites excluding steroid dienone is 1. The molecule has 1 N–H and O–H groups in total. The first-order valence-corrected chi connectivity index (χ1v) is 7.56. The van der Waals surface area contributed by atoms with Gasteiger partial charge in [-0.2, -0.15) is 0 Å². The summed E-state index contributed by atoms with van der Waals surface area (Å²) in [7, 11) is 0. The predicted octanol–water partition coefficient (Wildman–Crippen LogP) is 4.08. The van der Waals surface area contributed by atoms with E-state index in [2.05, 4.69) is 48.9 Å². The van der Waals surface area contributed by atoms with Gasteiger partial charge in [-0.05, 0) is 30.4 Å². The Hall–Kier alpha value is -1.87. The Morgan fingerprint density at radius 2 is 2.14 bits per heavy atom. The highest BCUT2D eigenvalue weighted by Crippen LogP contribution is 2.24. The summed E-state index contributed by atoms with van der Waals surface area (Å²) in [4.78, 5) is 4.66.